The molecule has 0 atom stereocenters. The molecule has 2 amide bonds. The molecular weight excluding hydrogens is 300 g/mol. The van der Waals surface area contributed by atoms with Crippen LogP contribution < -0.4 is 16.4 Å². The average Bonchev–Trinajstić information content (AvgIpc) is 2.43. The van der Waals surface area contributed by atoms with E-state index in [2.05, 4.69) is 10.6 Å². The smallest absolute Gasteiger partial charge is 0.323 e. The lowest BCUT2D eigenvalue weighted by Crippen LogP contribution is -2.21. The summed E-state index contributed by atoms with van der Waals surface area (Å²) in [6.45, 7) is 1.81. The van der Waals surface area contributed by atoms with E-state index in [0.29, 0.717) is 10.7 Å². The largest absolute Gasteiger partial charge is 0.397 e. The van der Waals surface area contributed by atoms with E-state index in [0.717, 1.165) is 17.7 Å². The number of anilines is 3. The van der Waals surface area contributed by atoms with Crippen molar-refractivity contribution < 1.29 is 13.6 Å². The molecule has 0 spiro atoms. The molecule has 4 nitrogen and oxygen atoms in total. The van der Waals surface area contributed by atoms with Crippen LogP contribution in [0, 0.1) is 18.6 Å². The Hall–Kier alpha value is -2.34. The standard InChI is InChI=1S/C14H12ClF2N3O/c1-7-2-3-8(6-9(7)15)19-14(21)20-13-11(18)5-4-10(16)12(13)17/h2-6H,18H2,1H3,(H2,19,20,21). The third kappa shape index (κ3) is 3.41. The molecule has 2 aromatic rings. The number of urea groups is 1. The summed E-state index contributed by atoms with van der Waals surface area (Å²) in [6, 6.07) is 6.18. The normalized spacial score (nSPS) is 10.3. The summed E-state index contributed by atoms with van der Waals surface area (Å²) in [5.74, 6) is -2.31. The first-order valence-electron chi connectivity index (χ1n) is 5.96. The van der Waals surface area contributed by atoms with Crippen molar-refractivity contribution in [2.75, 3.05) is 16.4 Å². The number of nitrogens with one attached hydrogen (secondary N) is 2. The van der Waals surface area contributed by atoms with Gasteiger partial charge in [0.1, 0.15) is 5.69 Å². The molecule has 2 rings (SSSR count). The summed E-state index contributed by atoms with van der Waals surface area (Å²) in [6.07, 6.45) is 0. The molecule has 0 unspecified atom stereocenters. The van der Waals surface area contributed by atoms with Gasteiger partial charge in [0.25, 0.3) is 0 Å². The molecule has 21 heavy (non-hydrogen) atoms. The Morgan fingerprint density at radius 1 is 1.19 bits per heavy atom. The molecule has 0 fully saturated rings. The highest BCUT2D eigenvalue weighted by molar-refractivity contribution is 6.31. The first-order valence-corrected chi connectivity index (χ1v) is 6.34. The minimum Gasteiger partial charge on any atom is -0.397 e. The molecule has 0 radical (unpaired) electrons. The van der Waals surface area contributed by atoms with Crippen LogP contribution in [0.1, 0.15) is 5.56 Å². The van der Waals surface area contributed by atoms with E-state index in [1.807, 2.05) is 6.92 Å². The van der Waals surface area contributed by atoms with E-state index in [1.165, 1.54) is 0 Å². The molecule has 0 saturated heterocycles. The van der Waals surface area contributed by atoms with Crippen molar-refractivity contribution in [3.05, 3.63) is 52.6 Å². The molecule has 7 heteroatoms. The number of nitrogens with two attached hydrogens (primary N) is 1. The Bertz CT molecular complexity index is 707. The molecule has 0 aliphatic rings. The van der Waals surface area contributed by atoms with Crippen molar-refractivity contribution in [1.29, 1.82) is 0 Å². The lowest BCUT2D eigenvalue weighted by atomic mass is 10.2. The topological polar surface area (TPSA) is 67.2 Å². The maximum Gasteiger partial charge on any atom is 0.323 e. The Labute approximate surface area is 124 Å². The Morgan fingerprint density at radius 2 is 1.90 bits per heavy atom. The Morgan fingerprint density at radius 3 is 2.57 bits per heavy atom. The lowest BCUT2D eigenvalue weighted by molar-refractivity contribution is 0.262. The summed E-state index contributed by atoms with van der Waals surface area (Å²) in [7, 11) is 0. The van der Waals surface area contributed by atoms with Gasteiger partial charge in [-0.1, -0.05) is 17.7 Å². The fraction of sp³-hybridized carbons (Fsp3) is 0.0714. The van der Waals surface area contributed by atoms with Gasteiger partial charge in [-0.25, -0.2) is 13.6 Å². The van der Waals surface area contributed by atoms with Gasteiger partial charge in [-0.2, -0.15) is 0 Å². The molecule has 0 bridgehead atoms. The molecule has 0 aliphatic heterocycles. The second kappa shape index (κ2) is 5.97. The van der Waals surface area contributed by atoms with Gasteiger partial charge >= 0.3 is 6.03 Å². The van der Waals surface area contributed by atoms with E-state index in [1.54, 1.807) is 18.2 Å². The quantitative estimate of drug-likeness (QED) is 0.729. The predicted octanol–water partition coefficient (Wildman–Crippen LogP) is 4.15. The number of benzene rings is 2. The van der Waals surface area contributed by atoms with Crippen molar-refractivity contribution in [1.82, 2.24) is 0 Å². The fourth-order valence-electron chi connectivity index (χ4n) is 1.64. The molecule has 110 valence electrons. The van der Waals surface area contributed by atoms with Gasteiger partial charge in [0.05, 0.1) is 5.69 Å². The molecular formula is C14H12ClF2N3O. The molecule has 0 saturated carbocycles. The molecule has 0 aromatic heterocycles. The van der Waals surface area contributed by atoms with Gasteiger partial charge in [0.2, 0.25) is 0 Å². The van der Waals surface area contributed by atoms with Crippen molar-refractivity contribution in [3.63, 3.8) is 0 Å². The molecule has 4 N–H and O–H groups in total. The minimum atomic E-state index is -1.22. The summed E-state index contributed by atoms with van der Waals surface area (Å²) < 4.78 is 26.7. The number of aryl methyl sites for hydroxylation is 1. The van der Waals surface area contributed by atoms with Crippen LogP contribution >= 0.6 is 11.6 Å². The monoisotopic (exact) mass is 311 g/mol. The zero-order valence-electron chi connectivity index (χ0n) is 11.0. The fourth-order valence-corrected chi connectivity index (χ4v) is 1.82. The van der Waals surface area contributed by atoms with Crippen LogP contribution in [0.5, 0.6) is 0 Å². The second-order valence-electron chi connectivity index (χ2n) is 4.37. The number of rotatable bonds is 2. The van der Waals surface area contributed by atoms with Crippen molar-refractivity contribution >= 4 is 34.7 Å². The molecule has 0 aliphatic carbocycles. The number of halogens is 3. The second-order valence-corrected chi connectivity index (χ2v) is 4.78. The SMILES string of the molecule is Cc1ccc(NC(=O)Nc2c(N)ccc(F)c2F)cc1Cl. The van der Waals surface area contributed by atoms with Crippen LogP contribution in [0.2, 0.25) is 5.02 Å². The predicted molar refractivity (Wildman–Crippen MR) is 79.6 cm³/mol. The molecule has 0 heterocycles. The number of hydrogen-bond donors (Lipinski definition) is 3. The number of amides is 2. The van der Waals surface area contributed by atoms with E-state index >= 15 is 0 Å². The number of carbonyl (C=O) groups is 1. The van der Waals surface area contributed by atoms with Gasteiger partial charge in [-0.3, -0.25) is 0 Å². The van der Waals surface area contributed by atoms with E-state index in [-0.39, 0.29) is 5.69 Å². The highest BCUT2D eigenvalue weighted by atomic mass is 35.5. The average molecular weight is 312 g/mol. The zero-order chi connectivity index (χ0) is 15.6. The van der Waals surface area contributed by atoms with Crippen LogP contribution in [0.25, 0.3) is 0 Å². The minimum absolute atomic E-state index is 0.0778. The number of hydrogen-bond acceptors (Lipinski definition) is 2. The highest BCUT2D eigenvalue weighted by Crippen LogP contribution is 2.25. The zero-order valence-corrected chi connectivity index (χ0v) is 11.8. The summed E-state index contributed by atoms with van der Waals surface area (Å²) in [4.78, 5) is 11.8. The van der Waals surface area contributed by atoms with Gasteiger partial charge in [0.15, 0.2) is 11.6 Å². The van der Waals surface area contributed by atoms with E-state index in [4.69, 9.17) is 17.3 Å². The maximum atomic E-state index is 13.6. The number of nitrogen functional groups attached to an aromatic ring is 1. The van der Waals surface area contributed by atoms with Crippen molar-refractivity contribution in [3.8, 4) is 0 Å². The first-order chi connectivity index (χ1) is 9.88. The van der Waals surface area contributed by atoms with Crippen molar-refractivity contribution in [2.24, 2.45) is 0 Å². The third-order valence-electron chi connectivity index (χ3n) is 2.80. The van der Waals surface area contributed by atoms with Gasteiger partial charge in [0, 0.05) is 10.7 Å². The maximum absolute atomic E-state index is 13.6. The van der Waals surface area contributed by atoms with Gasteiger partial charge in [-0.05, 0) is 36.8 Å². The summed E-state index contributed by atoms with van der Waals surface area (Å²) in [5, 5.41) is 5.10. The van der Waals surface area contributed by atoms with Crippen LogP contribution in [0.15, 0.2) is 30.3 Å². The third-order valence-corrected chi connectivity index (χ3v) is 3.20. The lowest BCUT2D eigenvalue weighted by Gasteiger charge is -2.11. The van der Waals surface area contributed by atoms with Crippen LogP contribution in [0.3, 0.4) is 0 Å². The Balaban J connectivity index is 2.15. The van der Waals surface area contributed by atoms with Crippen LogP contribution in [-0.4, -0.2) is 6.03 Å². The Kier molecular flexibility index (Phi) is 4.28. The highest BCUT2D eigenvalue weighted by Gasteiger charge is 2.14. The van der Waals surface area contributed by atoms with Gasteiger partial charge in [-0.15, -0.1) is 0 Å². The van der Waals surface area contributed by atoms with Crippen LogP contribution in [-0.2, 0) is 0 Å². The molecule has 2 aromatic carbocycles. The van der Waals surface area contributed by atoms with Crippen molar-refractivity contribution in [2.45, 2.75) is 6.92 Å². The first kappa shape index (κ1) is 15.1. The van der Waals surface area contributed by atoms with E-state index in [9.17, 15) is 13.6 Å². The summed E-state index contributed by atoms with van der Waals surface area (Å²) >= 11 is 5.93. The number of carbonyl (C=O) groups excluding carboxylic acids is 1. The summed E-state index contributed by atoms with van der Waals surface area (Å²) in [5.41, 5.74) is 6.28. The van der Waals surface area contributed by atoms with E-state index < -0.39 is 23.4 Å². The van der Waals surface area contributed by atoms with Gasteiger partial charge < -0.3 is 16.4 Å². The van der Waals surface area contributed by atoms with Crippen LogP contribution in [0.4, 0.5) is 30.6 Å².